The van der Waals surface area contributed by atoms with Crippen molar-refractivity contribution >= 4 is 28.4 Å². The third-order valence-corrected chi connectivity index (χ3v) is 5.16. The van der Waals surface area contributed by atoms with Gasteiger partial charge in [0.2, 0.25) is 0 Å². The van der Waals surface area contributed by atoms with Gasteiger partial charge in [0.1, 0.15) is 10.8 Å². The summed E-state index contributed by atoms with van der Waals surface area (Å²) in [5, 5.41) is 1.00. The molecule has 0 N–H and O–H groups in total. The molecule has 0 saturated heterocycles. The van der Waals surface area contributed by atoms with Gasteiger partial charge >= 0.3 is 0 Å². The second-order valence-corrected chi connectivity index (χ2v) is 7.26. The second kappa shape index (κ2) is 7.64. The van der Waals surface area contributed by atoms with Crippen molar-refractivity contribution in [1.82, 2.24) is 19.1 Å². The molecule has 0 saturated carbocycles. The monoisotopic (exact) mass is 406 g/mol. The fraction of sp³-hybridized carbons (Fsp3) is 0.182. The van der Waals surface area contributed by atoms with Crippen LogP contribution in [-0.2, 0) is 13.1 Å². The first kappa shape index (κ1) is 19.1. The van der Waals surface area contributed by atoms with Crippen LogP contribution < -0.4 is 5.56 Å². The molecule has 29 heavy (non-hydrogen) atoms. The molecule has 0 atom stereocenters. The lowest BCUT2D eigenvalue weighted by atomic mass is 10.0. The third kappa shape index (κ3) is 3.59. The van der Waals surface area contributed by atoms with Crippen LogP contribution in [0.15, 0.2) is 59.9 Å². The molecule has 4 rings (SSSR count). The number of carbonyl (C=O) groups is 1. The van der Waals surface area contributed by atoms with E-state index < -0.39 is 0 Å². The Bertz CT molecular complexity index is 1260. The summed E-state index contributed by atoms with van der Waals surface area (Å²) in [5.41, 5.74) is 3.63. The maximum atomic E-state index is 12.6. The van der Waals surface area contributed by atoms with Crippen LogP contribution in [0.25, 0.3) is 11.0 Å². The molecule has 3 heterocycles. The predicted octanol–water partition coefficient (Wildman–Crippen LogP) is 3.85. The van der Waals surface area contributed by atoms with Gasteiger partial charge in [-0.2, -0.15) is 0 Å². The van der Waals surface area contributed by atoms with Crippen LogP contribution in [-0.4, -0.2) is 24.9 Å². The van der Waals surface area contributed by atoms with Gasteiger partial charge in [-0.25, -0.2) is 9.97 Å². The lowest BCUT2D eigenvalue weighted by Gasteiger charge is -2.07. The number of hydrogen-bond acceptors (Lipinski definition) is 4. The van der Waals surface area contributed by atoms with Crippen molar-refractivity contribution in [2.45, 2.75) is 26.9 Å². The van der Waals surface area contributed by atoms with Crippen LogP contribution in [0.2, 0.25) is 5.15 Å². The summed E-state index contributed by atoms with van der Waals surface area (Å²) in [5.74, 6) is -0.107. The molecule has 0 unspecified atom stereocenters. The van der Waals surface area contributed by atoms with Crippen LogP contribution in [0, 0.1) is 6.92 Å². The van der Waals surface area contributed by atoms with Gasteiger partial charge in [0.15, 0.2) is 5.78 Å². The van der Waals surface area contributed by atoms with E-state index in [9.17, 15) is 9.59 Å². The minimum atomic E-state index is -0.107. The van der Waals surface area contributed by atoms with Gasteiger partial charge in [0.25, 0.3) is 5.56 Å². The summed E-state index contributed by atoms with van der Waals surface area (Å²) in [4.78, 5) is 33.6. The lowest BCUT2D eigenvalue weighted by molar-refractivity contribution is 0.103. The molecule has 7 heteroatoms. The zero-order valence-corrected chi connectivity index (χ0v) is 16.8. The molecule has 0 radical (unpaired) electrons. The first-order valence-corrected chi connectivity index (χ1v) is 9.65. The van der Waals surface area contributed by atoms with Crippen LogP contribution in [0.5, 0.6) is 0 Å². The molecule has 6 nitrogen and oxygen atoms in total. The second-order valence-electron chi connectivity index (χ2n) is 6.87. The van der Waals surface area contributed by atoms with Crippen molar-refractivity contribution in [2.24, 2.45) is 0 Å². The fourth-order valence-electron chi connectivity index (χ4n) is 3.38. The van der Waals surface area contributed by atoms with Gasteiger partial charge in [-0.3, -0.25) is 14.2 Å². The number of aromatic nitrogens is 4. The van der Waals surface area contributed by atoms with E-state index in [1.165, 1.54) is 6.20 Å². The first-order chi connectivity index (χ1) is 14.0. The Kier molecular flexibility index (Phi) is 5.03. The maximum absolute atomic E-state index is 12.6. The number of nitrogens with zero attached hydrogens (tertiary/aromatic N) is 4. The lowest BCUT2D eigenvalue weighted by Crippen LogP contribution is -2.20. The third-order valence-electron chi connectivity index (χ3n) is 4.93. The van der Waals surface area contributed by atoms with Crippen molar-refractivity contribution in [3.8, 4) is 0 Å². The predicted molar refractivity (Wildman–Crippen MR) is 113 cm³/mol. The van der Waals surface area contributed by atoms with Crippen LogP contribution in [0.4, 0.5) is 0 Å². The molecule has 0 aliphatic rings. The van der Waals surface area contributed by atoms with Crippen molar-refractivity contribution in [3.05, 3.63) is 92.9 Å². The summed E-state index contributed by atoms with van der Waals surface area (Å²) in [6, 6.07) is 10.7. The van der Waals surface area contributed by atoms with Gasteiger partial charge < -0.3 is 4.57 Å². The highest BCUT2D eigenvalue weighted by Gasteiger charge is 2.13. The molecule has 0 fully saturated rings. The zero-order chi connectivity index (χ0) is 20.5. The normalized spacial score (nSPS) is 11.1. The number of aryl methyl sites for hydroxylation is 2. The molecule has 0 amide bonds. The van der Waals surface area contributed by atoms with Gasteiger partial charge in [0, 0.05) is 36.6 Å². The number of hydrogen-bond donors (Lipinski definition) is 0. The van der Waals surface area contributed by atoms with Gasteiger partial charge in [-0.1, -0.05) is 35.9 Å². The number of ketones is 1. The molecule has 3 aromatic heterocycles. The van der Waals surface area contributed by atoms with Crippen LogP contribution in [0.3, 0.4) is 0 Å². The molecule has 4 aromatic rings. The molecule has 1 aromatic carbocycles. The van der Waals surface area contributed by atoms with E-state index in [-0.39, 0.29) is 11.3 Å². The topological polar surface area (TPSA) is 69.8 Å². The average molecular weight is 407 g/mol. The standard InChI is InChI=1S/C22H19ClN4O2/c1-3-26-13-25-21-19(22(26)29)14(2)11-27(21)12-15-4-6-16(7-5-15)20(28)17-8-9-18(23)24-10-17/h4-11,13H,3,12H2,1-2H3. The van der Waals surface area contributed by atoms with E-state index in [0.29, 0.717) is 40.4 Å². The summed E-state index contributed by atoms with van der Waals surface area (Å²) in [7, 11) is 0. The summed E-state index contributed by atoms with van der Waals surface area (Å²) in [6.45, 7) is 4.99. The summed E-state index contributed by atoms with van der Waals surface area (Å²) >= 11 is 5.78. The zero-order valence-electron chi connectivity index (χ0n) is 16.1. The Morgan fingerprint density at radius 3 is 2.41 bits per heavy atom. The SMILES string of the molecule is CCn1cnc2c(c(C)cn2Cc2ccc(C(=O)c3ccc(Cl)nc3)cc2)c1=O. The number of benzene rings is 1. The van der Waals surface area contributed by atoms with Crippen LogP contribution in [0.1, 0.15) is 34.0 Å². The molecule has 0 aliphatic carbocycles. The van der Waals surface area contributed by atoms with Crippen molar-refractivity contribution < 1.29 is 4.79 Å². The molecule has 0 aliphatic heterocycles. The van der Waals surface area contributed by atoms with Crippen molar-refractivity contribution in [1.29, 1.82) is 0 Å². The Balaban J connectivity index is 1.61. The Labute approximate surface area is 172 Å². The molecule has 0 spiro atoms. The average Bonchev–Trinajstić information content (AvgIpc) is 3.05. The summed E-state index contributed by atoms with van der Waals surface area (Å²) in [6.07, 6.45) is 5.00. The highest BCUT2D eigenvalue weighted by molar-refractivity contribution is 6.29. The van der Waals surface area contributed by atoms with Crippen LogP contribution >= 0.6 is 11.6 Å². The quantitative estimate of drug-likeness (QED) is 0.373. The number of rotatable bonds is 5. The Hall–Kier alpha value is -3.25. The largest absolute Gasteiger partial charge is 0.328 e. The highest BCUT2D eigenvalue weighted by Crippen LogP contribution is 2.18. The fourth-order valence-corrected chi connectivity index (χ4v) is 3.50. The molecule has 146 valence electrons. The van der Waals surface area contributed by atoms with Gasteiger partial charge in [-0.05, 0) is 37.1 Å². The minimum absolute atomic E-state index is 0.0220. The van der Waals surface area contributed by atoms with Crippen molar-refractivity contribution in [2.75, 3.05) is 0 Å². The van der Waals surface area contributed by atoms with Gasteiger partial charge in [0.05, 0.1) is 11.7 Å². The highest BCUT2D eigenvalue weighted by atomic mass is 35.5. The van der Waals surface area contributed by atoms with Crippen molar-refractivity contribution in [3.63, 3.8) is 0 Å². The van der Waals surface area contributed by atoms with Gasteiger partial charge in [-0.15, -0.1) is 0 Å². The van der Waals surface area contributed by atoms with E-state index in [1.54, 1.807) is 35.2 Å². The Morgan fingerprint density at radius 1 is 1.03 bits per heavy atom. The number of fused-ring (bicyclic) bond motifs is 1. The van der Waals surface area contributed by atoms with E-state index in [2.05, 4.69) is 9.97 Å². The van der Waals surface area contributed by atoms with E-state index >= 15 is 0 Å². The smallest absolute Gasteiger partial charge is 0.263 e. The number of carbonyl (C=O) groups excluding carboxylic acids is 1. The Morgan fingerprint density at radius 2 is 1.76 bits per heavy atom. The van der Waals surface area contributed by atoms with E-state index in [1.807, 2.05) is 36.7 Å². The van der Waals surface area contributed by atoms with E-state index in [4.69, 9.17) is 11.6 Å². The number of pyridine rings is 1. The maximum Gasteiger partial charge on any atom is 0.263 e. The number of halogens is 1. The molecule has 0 bridgehead atoms. The first-order valence-electron chi connectivity index (χ1n) is 9.28. The molecular weight excluding hydrogens is 388 g/mol. The van der Waals surface area contributed by atoms with E-state index in [0.717, 1.165) is 11.1 Å². The molecular formula is C22H19ClN4O2. The summed E-state index contributed by atoms with van der Waals surface area (Å²) < 4.78 is 3.57. The minimum Gasteiger partial charge on any atom is -0.328 e.